The van der Waals surface area contributed by atoms with E-state index < -0.39 is 0 Å². The molecule has 1 amide bonds. The smallest absolute Gasteiger partial charge is 0.267 e. The van der Waals surface area contributed by atoms with Crippen molar-refractivity contribution >= 4 is 12.1 Å². The molecule has 2 rings (SSSR count). The lowest BCUT2D eigenvalue weighted by molar-refractivity contribution is 0.0955. The Labute approximate surface area is 129 Å². The lowest BCUT2D eigenvalue weighted by atomic mass is 9.87. The van der Waals surface area contributed by atoms with Gasteiger partial charge in [-0.2, -0.15) is 5.10 Å². The second-order valence-electron chi connectivity index (χ2n) is 6.08. The fraction of sp³-hybridized carbons (Fsp3) is 0.222. The normalized spacial score (nSPS) is 11.6. The van der Waals surface area contributed by atoms with Crippen molar-refractivity contribution in [3.8, 4) is 0 Å². The molecule has 0 spiro atoms. The highest BCUT2D eigenvalue weighted by Crippen LogP contribution is 2.21. The van der Waals surface area contributed by atoms with E-state index in [4.69, 9.17) is 0 Å². The lowest BCUT2D eigenvalue weighted by Gasteiger charge is -2.18. The molecule has 0 aliphatic heterocycles. The van der Waals surface area contributed by atoms with Crippen molar-refractivity contribution in [1.29, 1.82) is 0 Å². The van der Waals surface area contributed by atoms with Crippen LogP contribution < -0.4 is 5.43 Å². The standard InChI is InChI=1S/C18H19FN2O/c1-18(2,3)15-8-4-13(5-9-15)12-20-21-17(22)14-6-10-16(19)11-7-14/h4-12H,1-3H3,(H,21,22)/b20-12-. The molecule has 0 unspecified atom stereocenters. The van der Waals surface area contributed by atoms with Crippen LogP contribution in [0.15, 0.2) is 53.6 Å². The Kier molecular flexibility index (Phi) is 4.71. The summed E-state index contributed by atoms with van der Waals surface area (Å²) in [7, 11) is 0. The van der Waals surface area contributed by atoms with Gasteiger partial charge in [-0.3, -0.25) is 4.79 Å². The third-order valence-electron chi connectivity index (χ3n) is 3.26. The van der Waals surface area contributed by atoms with Crippen LogP contribution in [-0.2, 0) is 5.41 Å². The molecule has 0 saturated carbocycles. The maximum atomic E-state index is 12.8. The number of amides is 1. The van der Waals surface area contributed by atoms with Gasteiger partial charge in [-0.05, 0) is 40.8 Å². The number of carbonyl (C=O) groups is 1. The SMILES string of the molecule is CC(C)(C)c1ccc(/C=N\NC(=O)c2ccc(F)cc2)cc1. The largest absolute Gasteiger partial charge is 0.271 e. The van der Waals surface area contributed by atoms with E-state index >= 15 is 0 Å². The van der Waals surface area contributed by atoms with Crippen molar-refractivity contribution < 1.29 is 9.18 Å². The van der Waals surface area contributed by atoms with E-state index in [1.54, 1.807) is 6.21 Å². The van der Waals surface area contributed by atoms with Crippen LogP contribution in [0.5, 0.6) is 0 Å². The molecule has 0 aromatic heterocycles. The highest BCUT2D eigenvalue weighted by Gasteiger charge is 2.12. The van der Waals surface area contributed by atoms with Crippen molar-refractivity contribution in [3.63, 3.8) is 0 Å². The molecular weight excluding hydrogens is 279 g/mol. The average Bonchev–Trinajstić information content (AvgIpc) is 2.47. The molecule has 0 radical (unpaired) electrons. The number of hydrazone groups is 1. The van der Waals surface area contributed by atoms with E-state index in [2.05, 4.69) is 31.3 Å². The van der Waals surface area contributed by atoms with Gasteiger partial charge in [0.2, 0.25) is 0 Å². The molecule has 0 saturated heterocycles. The zero-order valence-electron chi connectivity index (χ0n) is 12.9. The first-order valence-corrected chi connectivity index (χ1v) is 7.06. The quantitative estimate of drug-likeness (QED) is 0.678. The Balaban J connectivity index is 1.97. The summed E-state index contributed by atoms with van der Waals surface area (Å²) in [5.41, 5.74) is 5.02. The fourth-order valence-electron chi connectivity index (χ4n) is 1.90. The third-order valence-corrected chi connectivity index (χ3v) is 3.26. The van der Waals surface area contributed by atoms with Crippen molar-refractivity contribution in [2.24, 2.45) is 5.10 Å². The lowest BCUT2D eigenvalue weighted by Crippen LogP contribution is -2.17. The van der Waals surface area contributed by atoms with Crippen LogP contribution in [0, 0.1) is 5.82 Å². The minimum atomic E-state index is -0.376. The maximum absolute atomic E-state index is 12.8. The topological polar surface area (TPSA) is 41.5 Å². The third kappa shape index (κ3) is 4.25. The first-order chi connectivity index (χ1) is 10.4. The van der Waals surface area contributed by atoms with Gasteiger partial charge in [0, 0.05) is 5.56 Å². The van der Waals surface area contributed by atoms with Crippen LogP contribution in [0.25, 0.3) is 0 Å². The number of benzene rings is 2. The second kappa shape index (κ2) is 6.52. The van der Waals surface area contributed by atoms with Crippen molar-refractivity contribution in [2.75, 3.05) is 0 Å². The average molecular weight is 298 g/mol. The fourth-order valence-corrected chi connectivity index (χ4v) is 1.90. The summed E-state index contributed by atoms with van der Waals surface area (Å²) in [4.78, 5) is 11.8. The second-order valence-corrected chi connectivity index (χ2v) is 6.08. The Hall–Kier alpha value is -2.49. The molecule has 114 valence electrons. The Bertz CT molecular complexity index is 668. The highest BCUT2D eigenvalue weighted by atomic mass is 19.1. The van der Waals surface area contributed by atoms with Crippen LogP contribution in [0.1, 0.15) is 42.3 Å². The summed E-state index contributed by atoms with van der Waals surface area (Å²) >= 11 is 0. The van der Waals surface area contributed by atoms with Gasteiger partial charge in [0.05, 0.1) is 6.21 Å². The highest BCUT2D eigenvalue weighted by molar-refractivity contribution is 5.94. The predicted octanol–water partition coefficient (Wildman–Crippen LogP) is 3.89. The molecule has 0 bridgehead atoms. The van der Waals surface area contributed by atoms with Gasteiger partial charge in [0.15, 0.2) is 0 Å². The summed E-state index contributed by atoms with van der Waals surface area (Å²) < 4.78 is 12.8. The van der Waals surface area contributed by atoms with Crippen LogP contribution >= 0.6 is 0 Å². The van der Waals surface area contributed by atoms with Crippen LogP contribution in [0.4, 0.5) is 4.39 Å². The predicted molar refractivity (Wildman–Crippen MR) is 86.6 cm³/mol. The monoisotopic (exact) mass is 298 g/mol. The van der Waals surface area contributed by atoms with Gasteiger partial charge in [0.25, 0.3) is 5.91 Å². The van der Waals surface area contributed by atoms with Gasteiger partial charge in [-0.25, -0.2) is 9.82 Å². The van der Waals surface area contributed by atoms with Crippen molar-refractivity contribution in [2.45, 2.75) is 26.2 Å². The molecule has 3 nitrogen and oxygen atoms in total. The zero-order valence-corrected chi connectivity index (χ0v) is 12.9. The Morgan fingerprint density at radius 1 is 1.05 bits per heavy atom. The number of rotatable bonds is 3. The minimum Gasteiger partial charge on any atom is -0.267 e. The molecule has 2 aromatic rings. The van der Waals surface area contributed by atoms with E-state index in [9.17, 15) is 9.18 Å². The number of nitrogens with zero attached hydrogens (tertiary/aromatic N) is 1. The van der Waals surface area contributed by atoms with Crippen molar-refractivity contribution in [3.05, 3.63) is 71.0 Å². The maximum Gasteiger partial charge on any atom is 0.271 e. The molecule has 0 fully saturated rings. The van der Waals surface area contributed by atoms with Gasteiger partial charge in [0.1, 0.15) is 5.82 Å². The molecule has 0 aliphatic carbocycles. The molecule has 0 heterocycles. The van der Waals surface area contributed by atoms with Gasteiger partial charge in [-0.1, -0.05) is 45.0 Å². The van der Waals surface area contributed by atoms with Crippen LogP contribution in [0.2, 0.25) is 0 Å². The number of nitrogens with one attached hydrogen (secondary N) is 1. The number of carbonyl (C=O) groups excluding carboxylic acids is 1. The first-order valence-electron chi connectivity index (χ1n) is 7.06. The zero-order chi connectivity index (χ0) is 16.2. The molecule has 0 aliphatic rings. The van der Waals surface area contributed by atoms with Crippen molar-refractivity contribution in [1.82, 2.24) is 5.43 Å². The summed E-state index contributed by atoms with van der Waals surface area (Å²) in [5, 5.41) is 3.91. The minimum absolute atomic E-state index is 0.104. The van der Waals surface area contributed by atoms with E-state index in [0.29, 0.717) is 5.56 Å². The molecule has 2 aromatic carbocycles. The Morgan fingerprint density at radius 2 is 1.64 bits per heavy atom. The summed E-state index contributed by atoms with van der Waals surface area (Å²) in [6.07, 6.45) is 1.58. The van der Waals surface area contributed by atoms with Crippen LogP contribution in [-0.4, -0.2) is 12.1 Å². The van der Waals surface area contributed by atoms with Gasteiger partial charge < -0.3 is 0 Å². The van der Waals surface area contributed by atoms with Gasteiger partial charge in [-0.15, -0.1) is 0 Å². The van der Waals surface area contributed by atoms with E-state index in [1.165, 1.54) is 29.8 Å². The van der Waals surface area contributed by atoms with E-state index in [1.807, 2.05) is 24.3 Å². The van der Waals surface area contributed by atoms with Gasteiger partial charge >= 0.3 is 0 Å². The number of hydrogen-bond donors (Lipinski definition) is 1. The molecule has 4 heteroatoms. The number of hydrogen-bond acceptors (Lipinski definition) is 2. The first kappa shape index (κ1) is 15.9. The molecule has 22 heavy (non-hydrogen) atoms. The molecule has 0 atom stereocenters. The summed E-state index contributed by atoms with van der Waals surface area (Å²) in [6, 6.07) is 13.3. The summed E-state index contributed by atoms with van der Waals surface area (Å²) in [5.74, 6) is -0.749. The van der Waals surface area contributed by atoms with Crippen LogP contribution in [0.3, 0.4) is 0 Å². The molecular formula is C18H19FN2O. The molecule has 1 N–H and O–H groups in total. The van der Waals surface area contributed by atoms with E-state index in [-0.39, 0.29) is 17.1 Å². The van der Waals surface area contributed by atoms with E-state index in [0.717, 1.165) is 5.56 Å². The Morgan fingerprint density at radius 3 is 2.18 bits per heavy atom. The summed E-state index contributed by atoms with van der Waals surface area (Å²) in [6.45, 7) is 6.46. The number of halogens is 1.